The normalized spacial score (nSPS) is 14.2. The van der Waals surface area contributed by atoms with Crippen LogP contribution in [-0.4, -0.2) is 28.0 Å². The van der Waals surface area contributed by atoms with Gasteiger partial charge in [0.05, 0.1) is 6.61 Å². The lowest BCUT2D eigenvalue weighted by Gasteiger charge is -2.26. The van der Waals surface area contributed by atoms with Crippen LogP contribution in [0.25, 0.3) is 0 Å². The highest BCUT2D eigenvalue weighted by Crippen LogP contribution is 2.28. The van der Waals surface area contributed by atoms with Crippen LogP contribution in [0.5, 0.6) is 0 Å². The number of aliphatic hydroxyl groups excluding tert-OH is 1. The molecule has 0 saturated carbocycles. The molecule has 0 spiro atoms. The molecule has 1 unspecified atom stereocenters. The average molecular weight is 367 g/mol. The maximum atomic E-state index is 9.55. The van der Waals surface area contributed by atoms with E-state index in [1.807, 2.05) is 0 Å². The zero-order valence-corrected chi connectivity index (χ0v) is 17.0. The molecule has 0 fully saturated rings. The molecule has 0 amide bonds. The molecule has 0 aromatic heterocycles. The molecule has 1 atom stereocenters. The molecular formula is C18H38OS3. The second-order valence-corrected chi connectivity index (χ2v) is 8.42. The lowest BCUT2D eigenvalue weighted by atomic mass is 9.94. The van der Waals surface area contributed by atoms with Crippen LogP contribution < -0.4 is 0 Å². The highest BCUT2D eigenvalue weighted by molar-refractivity contribution is 7.81. The number of hydrogen-bond donors (Lipinski definition) is 4. The van der Waals surface area contributed by atoms with Crippen LogP contribution in [0, 0.1) is 0 Å². The van der Waals surface area contributed by atoms with E-state index in [0.29, 0.717) is 0 Å². The third kappa shape index (κ3) is 14.6. The van der Waals surface area contributed by atoms with Gasteiger partial charge in [-0.3, -0.25) is 0 Å². The van der Waals surface area contributed by atoms with Gasteiger partial charge in [-0.2, -0.15) is 37.9 Å². The quantitative estimate of drug-likeness (QED) is 0.185. The van der Waals surface area contributed by atoms with Crippen LogP contribution in [-0.2, 0) is 0 Å². The highest BCUT2D eigenvalue weighted by Gasteiger charge is 2.23. The van der Waals surface area contributed by atoms with E-state index < -0.39 is 0 Å². The van der Waals surface area contributed by atoms with Crippen LogP contribution >= 0.6 is 37.9 Å². The molecule has 0 saturated heterocycles. The zero-order chi connectivity index (χ0) is 16.5. The fraction of sp³-hybridized carbons (Fsp3) is 1.00. The van der Waals surface area contributed by atoms with Crippen molar-refractivity contribution in [1.29, 1.82) is 0 Å². The molecule has 134 valence electrons. The first-order chi connectivity index (χ1) is 10.7. The Balaban J connectivity index is 3.39. The van der Waals surface area contributed by atoms with E-state index in [4.69, 9.17) is 12.6 Å². The molecule has 0 aliphatic carbocycles. The Kier molecular flexibility index (Phi) is 17.6. The molecule has 0 bridgehead atoms. The molecule has 4 heteroatoms. The van der Waals surface area contributed by atoms with Gasteiger partial charge in [-0.05, 0) is 37.2 Å². The van der Waals surface area contributed by atoms with Crippen molar-refractivity contribution in [2.75, 3.05) is 18.1 Å². The van der Waals surface area contributed by atoms with E-state index in [2.05, 4.69) is 25.3 Å². The largest absolute Gasteiger partial charge is 0.395 e. The summed E-state index contributed by atoms with van der Waals surface area (Å²) in [5.41, 5.74) is 0. The zero-order valence-electron chi connectivity index (χ0n) is 14.3. The van der Waals surface area contributed by atoms with E-state index in [1.165, 1.54) is 64.2 Å². The van der Waals surface area contributed by atoms with Gasteiger partial charge in [-0.25, -0.2) is 0 Å². The van der Waals surface area contributed by atoms with E-state index >= 15 is 0 Å². The summed E-state index contributed by atoms with van der Waals surface area (Å²) >= 11 is 13.2. The SMILES string of the molecule is OCC(S)(CCCCS)CCCCCCCCCCCCS. The second-order valence-electron chi connectivity index (χ2n) is 6.57. The maximum Gasteiger partial charge on any atom is 0.0575 e. The maximum absolute atomic E-state index is 9.55. The van der Waals surface area contributed by atoms with Gasteiger partial charge in [0.15, 0.2) is 0 Å². The molecule has 0 rings (SSSR count). The lowest BCUT2D eigenvalue weighted by molar-refractivity contribution is 0.229. The van der Waals surface area contributed by atoms with Gasteiger partial charge < -0.3 is 5.11 Å². The monoisotopic (exact) mass is 366 g/mol. The second kappa shape index (κ2) is 16.9. The summed E-state index contributed by atoms with van der Waals surface area (Å²) in [6.07, 6.45) is 17.7. The fourth-order valence-electron chi connectivity index (χ4n) is 2.83. The van der Waals surface area contributed by atoms with Crippen molar-refractivity contribution in [2.45, 2.75) is 94.6 Å². The topological polar surface area (TPSA) is 20.2 Å². The predicted molar refractivity (Wildman–Crippen MR) is 111 cm³/mol. The van der Waals surface area contributed by atoms with Crippen LogP contribution in [0.2, 0.25) is 0 Å². The van der Waals surface area contributed by atoms with Crippen molar-refractivity contribution in [1.82, 2.24) is 0 Å². The Morgan fingerprint density at radius 1 is 0.545 bits per heavy atom. The van der Waals surface area contributed by atoms with E-state index in [-0.39, 0.29) is 11.4 Å². The van der Waals surface area contributed by atoms with Gasteiger partial charge in [0.2, 0.25) is 0 Å². The van der Waals surface area contributed by atoms with Crippen molar-refractivity contribution >= 4 is 37.9 Å². The van der Waals surface area contributed by atoms with E-state index in [9.17, 15) is 5.11 Å². The van der Waals surface area contributed by atoms with Crippen LogP contribution in [0.3, 0.4) is 0 Å². The first kappa shape index (κ1) is 23.0. The van der Waals surface area contributed by atoms with Crippen molar-refractivity contribution < 1.29 is 5.11 Å². The van der Waals surface area contributed by atoms with Gasteiger partial charge >= 0.3 is 0 Å². The first-order valence-electron chi connectivity index (χ1n) is 9.23. The highest BCUT2D eigenvalue weighted by atomic mass is 32.1. The Hall–Kier alpha value is 1.01. The summed E-state index contributed by atoms with van der Waals surface area (Å²) in [6, 6.07) is 0. The molecule has 1 nitrogen and oxygen atoms in total. The number of thiol groups is 3. The Morgan fingerprint density at radius 2 is 0.864 bits per heavy atom. The smallest absolute Gasteiger partial charge is 0.0575 e. The van der Waals surface area contributed by atoms with Crippen LogP contribution in [0.1, 0.15) is 89.9 Å². The average Bonchev–Trinajstić information content (AvgIpc) is 2.53. The van der Waals surface area contributed by atoms with Gasteiger partial charge in [-0.15, -0.1) is 0 Å². The third-order valence-electron chi connectivity index (χ3n) is 4.39. The molecule has 0 aromatic rings. The predicted octanol–water partition coefficient (Wildman–Crippen LogP) is 5.97. The van der Waals surface area contributed by atoms with Crippen molar-refractivity contribution in [3.05, 3.63) is 0 Å². The van der Waals surface area contributed by atoms with Crippen molar-refractivity contribution in [3.63, 3.8) is 0 Å². The van der Waals surface area contributed by atoms with Crippen molar-refractivity contribution in [2.24, 2.45) is 0 Å². The third-order valence-corrected chi connectivity index (χ3v) is 5.62. The van der Waals surface area contributed by atoms with Crippen LogP contribution in [0.4, 0.5) is 0 Å². The standard InChI is InChI=1S/C18H38OS3/c19-17-18(22,14-10-12-16-21)13-9-7-5-3-1-2-4-6-8-11-15-20/h19-22H,1-17H2. The molecule has 0 heterocycles. The molecule has 0 aliphatic rings. The summed E-state index contributed by atoms with van der Waals surface area (Å²) in [4.78, 5) is 0. The van der Waals surface area contributed by atoms with E-state index in [0.717, 1.165) is 37.2 Å². The Labute approximate surface area is 155 Å². The minimum Gasteiger partial charge on any atom is -0.395 e. The molecular weight excluding hydrogens is 328 g/mol. The minimum absolute atomic E-state index is 0.157. The molecule has 22 heavy (non-hydrogen) atoms. The Bertz CT molecular complexity index is 226. The lowest BCUT2D eigenvalue weighted by Crippen LogP contribution is -2.26. The van der Waals surface area contributed by atoms with E-state index in [1.54, 1.807) is 0 Å². The summed E-state index contributed by atoms with van der Waals surface area (Å²) < 4.78 is -0.157. The van der Waals surface area contributed by atoms with Gasteiger partial charge in [0.1, 0.15) is 0 Å². The summed E-state index contributed by atoms with van der Waals surface area (Å²) in [6.45, 7) is 0.203. The first-order valence-corrected chi connectivity index (χ1v) is 10.9. The van der Waals surface area contributed by atoms with Gasteiger partial charge in [-0.1, -0.05) is 64.2 Å². The summed E-state index contributed by atoms with van der Waals surface area (Å²) in [5.74, 6) is 1.97. The number of aliphatic hydroxyl groups is 1. The fourth-order valence-corrected chi connectivity index (χ4v) is 3.59. The molecule has 1 N–H and O–H groups in total. The Morgan fingerprint density at radius 3 is 1.27 bits per heavy atom. The van der Waals surface area contributed by atoms with Crippen LogP contribution in [0.15, 0.2) is 0 Å². The van der Waals surface area contributed by atoms with Gasteiger partial charge in [0, 0.05) is 4.75 Å². The van der Waals surface area contributed by atoms with Crippen molar-refractivity contribution in [3.8, 4) is 0 Å². The van der Waals surface area contributed by atoms with Gasteiger partial charge in [0.25, 0.3) is 0 Å². The molecule has 0 aliphatic heterocycles. The summed E-state index contributed by atoms with van der Waals surface area (Å²) in [5, 5.41) is 9.55. The number of hydrogen-bond acceptors (Lipinski definition) is 4. The number of rotatable bonds is 17. The molecule has 0 radical (unpaired) electrons. The number of unbranched alkanes of at least 4 members (excludes halogenated alkanes) is 10. The molecule has 0 aromatic carbocycles. The minimum atomic E-state index is -0.157. The summed E-state index contributed by atoms with van der Waals surface area (Å²) in [7, 11) is 0.